The average Bonchev–Trinajstić information content (AvgIpc) is 2.86. The Kier molecular flexibility index (Phi) is 7.48. The van der Waals surface area contributed by atoms with Crippen molar-refractivity contribution in [1.29, 1.82) is 0 Å². The molecule has 0 atom stereocenters. The van der Waals surface area contributed by atoms with Gasteiger partial charge in [-0.05, 0) is 67.4 Å². The van der Waals surface area contributed by atoms with Gasteiger partial charge in [-0.3, -0.25) is 9.52 Å². The van der Waals surface area contributed by atoms with Gasteiger partial charge in [0.25, 0.3) is 10.0 Å². The number of amides is 1. The third-order valence-electron chi connectivity index (χ3n) is 5.31. The maximum atomic E-state index is 12.6. The van der Waals surface area contributed by atoms with Gasteiger partial charge in [-0.25, -0.2) is 8.42 Å². The number of carbonyl (C=O) groups is 1. The van der Waals surface area contributed by atoms with Crippen LogP contribution < -0.4 is 14.8 Å². The molecule has 6 nitrogen and oxygen atoms in total. The second-order valence-electron chi connectivity index (χ2n) is 8.07. The van der Waals surface area contributed by atoms with Crippen LogP contribution in [-0.2, 0) is 21.2 Å². The molecule has 0 spiro atoms. The van der Waals surface area contributed by atoms with E-state index in [1.165, 1.54) is 0 Å². The maximum Gasteiger partial charge on any atom is 0.261 e. The van der Waals surface area contributed by atoms with Crippen LogP contribution in [0, 0.1) is 6.92 Å². The molecule has 0 aliphatic rings. The Hall–Kier alpha value is -4.10. The van der Waals surface area contributed by atoms with Crippen LogP contribution in [0.25, 0.3) is 0 Å². The Morgan fingerprint density at radius 1 is 0.800 bits per heavy atom. The van der Waals surface area contributed by atoms with Crippen molar-refractivity contribution in [2.45, 2.75) is 24.7 Å². The van der Waals surface area contributed by atoms with Gasteiger partial charge in [0.15, 0.2) is 5.75 Å². The minimum absolute atomic E-state index is 0.160. The molecule has 2 N–H and O–H groups in total. The van der Waals surface area contributed by atoms with Gasteiger partial charge in [0.1, 0.15) is 5.75 Å². The number of anilines is 2. The highest BCUT2D eigenvalue weighted by Gasteiger charge is 2.14. The van der Waals surface area contributed by atoms with Crippen LogP contribution in [0.2, 0.25) is 0 Å². The summed E-state index contributed by atoms with van der Waals surface area (Å²) in [5.74, 6) is 1.08. The summed E-state index contributed by atoms with van der Waals surface area (Å²) in [6.07, 6.45) is 0.715. The van der Waals surface area contributed by atoms with Gasteiger partial charge in [-0.1, -0.05) is 60.2 Å². The highest BCUT2D eigenvalue weighted by Crippen LogP contribution is 2.29. The molecule has 4 aromatic rings. The van der Waals surface area contributed by atoms with E-state index >= 15 is 0 Å². The average molecular weight is 487 g/mol. The fraction of sp³-hybridized carbons (Fsp3) is 0.107. The molecule has 4 rings (SSSR count). The summed E-state index contributed by atoms with van der Waals surface area (Å²) in [7, 11) is -3.69. The molecule has 178 valence electrons. The highest BCUT2D eigenvalue weighted by molar-refractivity contribution is 7.92. The summed E-state index contributed by atoms with van der Waals surface area (Å²) in [5, 5.41) is 2.90. The largest absolute Gasteiger partial charge is 0.455 e. The molecule has 0 unspecified atom stereocenters. The van der Waals surface area contributed by atoms with Crippen molar-refractivity contribution in [3.05, 3.63) is 114 Å². The zero-order valence-corrected chi connectivity index (χ0v) is 20.1. The normalized spacial score (nSPS) is 11.0. The van der Waals surface area contributed by atoms with Crippen molar-refractivity contribution < 1.29 is 17.9 Å². The Morgan fingerprint density at radius 3 is 2.17 bits per heavy atom. The number of nitrogens with one attached hydrogen (secondary N) is 2. The van der Waals surface area contributed by atoms with Crippen LogP contribution in [0.15, 0.2) is 108 Å². The van der Waals surface area contributed by atoms with Gasteiger partial charge in [-0.2, -0.15) is 0 Å². The van der Waals surface area contributed by atoms with E-state index in [9.17, 15) is 13.2 Å². The van der Waals surface area contributed by atoms with E-state index in [1.807, 2.05) is 61.5 Å². The Labute approximate surface area is 205 Å². The van der Waals surface area contributed by atoms with E-state index < -0.39 is 10.0 Å². The molecule has 7 heteroatoms. The monoisotopic (exact) mass is 486 g/mol. The van der Waals surface area contributed by atoms with Crippen LogP contribution in [0.1, 0.15) is 17.5 Å². The highest BCUT2D eigenvalue weighted by atomic mass is 32.2. The van der Waals surface area contributed by atoms with Gasteiger partial charge in [0.05, 0.1) is 10.6 Å². The second-order valence-corrected chi connectivity index (χ2v) is 9.76. The molecule has 0 radical (unpaired) electrons. The lowest BCUT2D eigenvalue weighted by molar-refractivity contribution is -0.116. The van der Waals surface area contributed by atoms with E-state index in [2.05, 4.69) is 10.0 Å². The van der Waals surface area contributed by atoms with Crippen LogP contribution >= 0.6 is 0 Å². The van der Waals surface area contributed by atoms with Crippen molar-refractivity contribution in [2.24, 2.45) is 0 Å². The van der Waals surface area contributed by atoms with E-state index in [0.29, 0.717) is 29.3 Å². The molecule has 0 aromatic heterocycles. The lowest BCUT2D eigenvalue weighted by Gasteiger charge is -2.12. The molecular weight excluding hydrogens is 460 g/mol. The molecule has 1 amide bonds. The smallest absolute Gasteiger partial charge is 0.261 e. The summed E-state index contributed by atoms with van der Waals surface area (Å²) >= 11 is 0. The molecule has 0 aliphatic carbocycles. The van der Waals surface area contributed by atoms with Crippen molar-refractivity contribution in [3.8, 4) is 11.5 Å². The molecule has 0 saturated heterocycles. The van der Waals surface area contributed by atoms with Crippen molar-refractivity contribution in [1.82, 2.24) is 0 Å². The van der Waals surface area contributed by atoms with E-state index in [-0.39, 0.29) is 17.2 Å². The zero-order valence-electron chi connectivity index (χ0n) is 19.3. The number of benzene rings is 4. The van der Waals surface area contributed by atoms with Crippen LogP contribution in [0.5, 0.6) is 11.5 Å². The summed E-state index contributed by atoms with van der Waals surface area (Å²) in [6.45, 7) is 1.94. The van der Waals surface area contributed by atoms with Crippen molar-refractivity contribution in [2.75, 3.05) is 10.0 Å². The topological polar surface area (TPSA) is 84.5 Å². The quantitative estimate of drug-likeness (QED) is 0.297. The van der Waals surface area contributed by atoms with Gasteiger partial charge >= 0.3 is 0 Å². The SMILES string of the molecule is Cc1ccc(NS(=O)(=O)c2ccc(CCC(=O)Nc3ccccc3Oc3ccccc3)cc2)cc1. The standard InChI is InChI=1S/C28H26N2O4S/c1-21-11-16-23(17-12-21)30-35(32,33)25-18-13-22(14-19-25)15-20-28(31)29-26-9-5-6-10-27(26)34-24-7-3-2-4-8-24/h2-14,16-19,30H,15,20H2,1H3,(H,29,31). The van der Waals surface area contributed by atoms with Crippen LogP contribution in [0.3, 0.4) is 0 Å². The lowest BCUT2D eigenvalue weighted by atomic mass is 10.1. The lowest BCUT2D eigenvalue weighted by Crippen LogP contribution is -2.14. The zero-order chi connectivity index (χ0) is 24.7. The van der Waals surface area contributed by atoms with E-state index in [4.69, 9.17) is 4.74 Å². The predicted molar refractivity (Wildman–Crippen MR) is 138 cm³/mol. The third kappa shape index (κ3) is 6.71. The van der Waals surface area contributed by atoms with Crippen molar-refractivity contribution >= 4 is 27.3 Å². The molecule has 0 aliphatic heterocycles. The molecular formula is C28H26N2O4S. The minimum atomic E-state index is -3.69. The number of hydrogen-bond acceptors (Lipinski definition) is 4. The molecule has 0 fully saturated rings. The number of ether oxygens (including phenoxy) is 1. The molecule has 4 aromatic carbocycles. The second kappa shape index (κ2) is 10.9. The summed E-state index contributed by atoms with van der Waals surface area (Å²) in [4.78, 5) is 12.7. The molecule has 0 heterocycles. The third-order valence-corrected chi connectivity index (χ3v) is 6.71. The van der Waals surface area contributed by atoms with E-state index in [1.54, 1.807) is 48.5 Å². The fourth-order valence-electron chi connectivity index (χ4n) is 3.42. The Bertz CT molecular complexity index is 1390. The van der Waals surface area contributed by atoms with Crippen molar-refractivity contribution in [3.63, 3.8) is 0 Å². The minimum Gasteiger partial charge on any atom is -0.455 e. The van der Waals surface area contributed by atoms with Crippen LogP contribution in [0.4, 0.5) is 11.4 Å². The first-order chi connectivity index (χ1) is 16.9. The summed E-state index contributed by atoms with van der Waals surface area (Å²) in [6, 6.07) is 30.3. The molecule has 0 bridgehead atoms. The maximum absolute atomic E-state index is 12.6. The Morgan fingerprint density at radius 2 is 1.46 bits per heavy atom. The molecule has 35 heavy (non-hydrogen) atoms. The Balaban J connectivity index is 1.34. The van der Waals surface area contributed by atoms with Crippen LogP contribution in [-0.4, -0.2) is 14.3 Å². The number of hydrogen-bond donors (Lipinski definition) is 2. The first-order valence-electron chi connectivity index (χ1n) is 11.2. The first-order valence-corrected chi connectivity index (χ1v) is 12.7. The van der Waals surface area contributed by atoms with Gasteiger partial charge in [0, 0.05) is 12.1 Å². The van der Waals surface area contributed by atoms with Gasteiger partial charge < -0.3 is 10.1 Å². The molecule has 0 saturated carbocycles. The van der Waals surface area contributed by atoms with E-state index in [0.717, 1.165) is 11.1 Å². The summed E-state index contributed by atoms with van der Waals surface area (Å²) < 4.78 is 33.8. The first kappa shape index (κ1) is 24.0. The summed E-state index contributed by atoms with van der Waals surface area (Å²) in [5.41, 5.74) is 3.01. The fourth-order valence-corrected chi connectivity index (χ4v) is 4.47. The number of aryl methyl sites for hydroxylation is 2. The number of sulfonamides is 1. The number of rotatable bonds is 9. The predicted octanol–water partition coefficient (Wildman–Crippen LogP) is 6.16. The van der Waals surface area contributed by atoms with Gasteiger partial charge in [-0.15, -0.1) is 0 Å². The number of carbonyl (C=O) groups excluding carboxylic acids is 1. The number of para-hydroxylation sites is 3. The van der Waals surface area contributed by atoms with Gasteiger partial charge in [0.2, 0.25) is 5.91 Å².